The second-order valence-electron chi connectivity index (χ2n) is 9.08. The highest BCUT2D eigenvalue weighted by Crippen LogP contribution is 2.40. The number of hydrogen-bond acceptors (Lipinski definition) is 6. The molecule has 3 aliphatic rings. The van der Waals surface area contributed by atoms with Gasteiger partial charge in [0, 0.05) is 32.0 Å². The number of ether oxygens (including phenoxy) is 1. The van der Waals surface area contributed by atoms with Gasteiger partial charge in [-0.15, -0.1) is 0 Å². The monoisotopic (exact) mass is 435 g/mol. The molecule has 1 spiro atoms. The number of aromatic nitrogens is 2. The number of hydrogen-bond donors (Lipinski definition) is 1. The molecule has 0 bridgehead atoms. The van der Waals surface area contributed by atoms with Gasteiger partial charge in [-0.25, -0.2) is 14.8 Å². The van der Waals surface area contributed by atoms with Crippen LogP contribution in [0.15, 0.2) is 42.7 Å². The number of amides is 2. The molecule has 0 atom stereocenters. The fourth-order valence-electron chi connectivity index (χ4n) is 4.96. The van der Waals surface area contributed by atoms with E-state index in [0.717, 1.165) is 64.0 Å². The molecule has 3 fully saturated rings. The van der Waals surface area contributed by atoms with E-state index in [-0.39, 0.29) is 12.0 Å². The van der Waals surface area contributed by atoms with Gasteiger partial charge in [-0.3, -0.25) is 9.69 Å². The van der Waals surface area contributed by atoms with Crippen molar-refractivity contribution in [3.8, 4) is 0 Å². The Labute approximate surface area is 188 Å². The molecule has 4 heterocycles. The lowest BCUT2D eigenvalue weighted by molar-refractivity contribution is 0.0148. The molecule has 0 radical (unpaired) electrons. The number of rotatable bonds is 5. The van der Waals surface area contributed by atoms with Gasteiger partial charge in [0.05, 0.1) is 12.1 Å². The highest BCUT2D eigenvalue weighted by molar-refractivity contribution is 5.94. The first-order chi connectivity index (χ1) is 15.6. The Bertz CT molecular complexity index is 951. The third-order valence-electron chi connectivity index (χ3n) is 6.89. The predicted molar refractivity (Wildman–Crippen MR) is 121 cm³/mol. The number of carbonyl (C=O) groups is 2. The molecule has 1 N–H and O–H groups in total. The van der Waals surface area contributed by atoms with Gasteiger partial charge >= 0.3 is 6.09 Å². The van der Waals surface area contributed by atoms with Crippen LogP contribution in [0.2, 0.25) is 0 Å². The summed E-state index contributed by atoms with van der Waals surface area (Å²) in [5, 5.41) is 3.41. The summed E-state index contributed by atoms with van der Waals surface area (Å²) in [4.78, 5) is 37.1. The van der Waals surface area contributed by atoms with Gasteiger partial charge in [0.1, 0.15) is 17.2 Å². The summed E-state index contributed by atoms with van der Waals surface area (Å²) in [7, 11) is 0. The van der Waals surface area contributed by atoms with Crippen LogP contribution in [0, 0.1) is 5.92 Å². The number of anilines is 2. The topological polar surface area (TPSA) is 87.7 Å². The van der Waals surface area contributed by atoms with Gasteiger partial charge in [0.25, 0.3) is 5.91 Å². The first-order valence-corrected chi connectivity index (χ1v) is 11.5. The Balaban J connectivity index is 1.11. The largest absolute Gasteiger partial charge is 0.441 e. The van der Waals surface area contributed by atoms with Crippen molar-refractivity contribution in [1.29, 1.82) is 0 Å². The highest BCUT2D eigenvalue weighted by Gasteiger charge is 2.47. The Morgan fingerprint density at radius 3 is 2.62 bits per heavy atom. The van der Waals surface area contributed by atoms with Crippen molar-refractivity contribution in [2.24, 2.45) is 5.92 Å². The summed E-state index contributed by atoms with van der Waals surface area (Å²) in [5.41, 5.74) is 0.249. The number of pyridine rings is 2. The van der Waals surface area contributed by atoms with E-state index in [2.05, 4.69) is 15.3 Å². The normalized spacial score (nSPS) is 25.2. The van der Waals surface area contributed by atoms with Crippen LogP contribution in [0.25, 0.3) is 0 Å². The minimum atomic E-state index is -0.402. The van der Waals surface area contributed by atoms with Crippen molar-refractivity contribution in [2.45, 2.75) is 44.1 Å². The van der Waals surface area contributed by atoms with Gasteiger partial charge in [0.2, 0.25) is 0 Å². The average molecular weight is 436 g/mol. The fraction of sp³-hybridized carbons (Fsp3) is 0.500. The van der Waals surface area contributed by atoms with Crippen LogP contribution >= 0.6 is 0 Å². The molecule has 8 nitrogen and oxygen atoms in total. The Kier molecular flexibility index (Phi) is 5.68. The molecule has 0 unspecified atom stereocenters. The third kappa shape index (κ3) is 4.26. The molecule has 1 saturated carbocycles. The molecule has 32 heavy (non-hydrogen) atoms. The zero-order valence-corrected chi connectivity index (χ0v) is 18.2. The van der Waals surface area contributed by atoms with E-state index in [4.69, 9.17) is 4.74 Å². The molecule has 8 heteroatoms. The standard InChI is InChI=1S/C24H29N5O3/c30-22(28-13-3-4-14-28)19-6-7-20(27-16-19)26-15-18-8-10-24(11-9-18)17-29(23(31)32-24)21-5-1-2-12-25-21/h1-2,5-7,12,16,18H,3-4,8-11,13-15,17H2,(H,26,27)/t18-,24-. The number of nitrogens with zero attached hydrogens (tertiary/aromatic N) is 4. The number of carbonyl (C=O) groups excluding carboxylic acids is 2. The molecule has 168 valence electrons. The fourth-order valence-corrected chi connectivity index (χ4v) is 4.96. The maximum absolute atomic E-state index is 12.4. The van der Waals surface area contributed by atoms with E-state index in [0.29, 0.717) is 23.8 Å². The summed E-state index contributed by atoms with van der Waals surface area (Å²) in [6.45, 7) is 3.07. The van der Waals surface area contributed by atoms with Gasteiger partial charge in [-0.1, -0.05) is 6.07 Å². The lowest BCUT2D eigenvalue weighted by Gasteiger charge is -2.35. The van der Waals surface area contributed by atoms with E-state index in [9.17, 15) is 9.59 Å². The van der Waals surface area contributed by atoms with Gasteiger partial charge in [-0.2, -0.15) is 0 Å². The molecule has 2 aliphatic heterocycles. The molecular formula is C24H29N5O3. The van der Waals surface area contributed by atoms with E-state index in [1.54, 1.807) is 17.3 Å². The van der Waals surface area contributed by atoms with Crippen molar-refractivity contribution >= 4 is 23.6 Å². The summed E-state index contributed by atoms with van der Waals surface area (Å²) in [6.07, 6.45) is 8.92. The van der Waals surface area contributed by atoms with Crippen LogP contribution < -0.4 is 10.2 Å². The Hall–Kier alpha value is -3.16. The van der Waals surface area contributed by atoms with Crippen LogP contribution in [0.1, 0.15) is 48.9 Å². The average Bonchev–Trinajstić information content (AvgIpc) is 3.48. The summed E-state index contributed by atoms with van der Waals surface area (Å²) < 4.78 is 5.82. The lowest BCUT2D eigenvalue weighted by atomic mass is 9.78. The quantitative estimate of drug-likeness (QED) is 0.770. The van der Waals surface area contributed by atoms with E-state index in [1.165, 1.54) is 0 Å². The molecule has 5 rings (SSSR count). The number of likely N-dealkylation sites (tertiary alicyclic amines) is 1. The predicted octanol–water partition coefficient (Wildman–Crippen LogP) is 3.71. The number of nitrogens with one attached hydrogen (secondary N) is 1. The van der Waals surface area contributed by atoms with Crippen molar-refractivity contribution < 1.29 is 14.3 Å². The summed E-state index contributed by atoms with van der Waals surface area (Å²) in [6, 6.07) is 9.30. The second-order valence-corrected chi connectivity index (χ2v) is 9.08. The van der Waals surface area contributed by atoms with Crippen LogP contribution in [-0.2, 0) is 4.74 Å². The molecule has 1 aliphatic carbocycles. The Morgan fingerprint density at radius 2 is 1.94 bits per heavy atom. The minimum Gasteiger partial charge on any atom is -0.441 e. The minimum absolute atomic E-state index is 0.0741. The molecule has 2 amide bonds. The Morgan fingerprint density at radius 1 is 1.12 bits per heavy atom. The zero-order chi connectivity index (χ0) is 22.0. The lowest BCUT2D eigenvalue weighted by Crippen LogP contribution is -2.39. The van der Waals surface area contributed by atoms with E-state index in [1.807, 2.05) is 35.2 Å². The zero-order valence-electron chi connectivity index (χ0n) is 18.2. The molecule has 2 saturated heterocycles. The van der Waals surface area contributed by atoms with Gasteiger partial charge in [-0.05, 0) is 68.7 Å². The van der Waals surface area contributed by atoms with E-state index < -0.39 is 5.60 Å². The van der Waals surface area contributed by atoms with Gasteiger partial charge in [0.15, 0.2) is 0 Å². The SMILES string of the molecule is O=C(c1ccc(NC[C@H]2CC[C@]3(CC2)CN(c2ccccn2)C(=O)O3)nc1)N1CCCC1. The molecular weight excluding hydrogens is 406 g/mol. The summed E-state index contributed by atoms with van der Waals surface area (Å²) in [5.74, 6) is 2.01. The molecule has 2 aromatic heterocycles. The smallest absolute Gasteiger partial charge is 0.416 e. The van der Waals surface area contributed by atoms with Crippen LogP contribution in [0.4, 0.5) is 16.4 Å². The first kappa shape index (κ1) is 20.7. The van der Waals surface area contributed by atoms with Crippen LogP contribution in [0.3, 0.4) is 0 Å². The maximum atomic E-state index is 12.4. The van der Waals surface area contributed by atoms with Crippen molar-refractivity contribution in [3.63, 3.8) is 0 Å². The second kappa shape index (κ2) is 8.76. The first-order valence-electron chi connectivity index (χ1n) is 11.5. The van der Waals surface area contributed by atoms with E-state index >= 15 is 0 Å². The summed E-state index contributed by atoms with van der Waals surface area (Å²) >= 11 is 0. The third-order valence-corrected chi connectivity index (χ3v) is 6.89. The van der Waals surface area contributed by atoms with Crippen LogP contribution in [0.5, 0.6) is 0 Å². The molecule has 0 aromatic carbocycles. The molecule has 2 aromatic rings. The highest BCUT2D eigenvalue weighted by atomic mass is 16.6. The maximum Gasteiger partial charge on any atom is 0.416 e. The van der Waals surface area contributed by atoms with Crippen LogP contribution in [-0.4, -0.2) is 58.6 Å². The van der Waals surface area contributed by atoms with Crippen molar-refractivity contribution in [3.05, 3.63) is 48.3 Å². The van der Waals surface area contributed by atoms with Crippen molar-refractivity contribution in [1.82, 2.24) is 14.9 Å². The van der Waals surface area contributed by atoms with Gasteiger partial charge < -0.3 is 15.0 Å². The van der Waals surface area contributed by atoms with Crippen molar-refractivity contribution in [2.75, 3.05) is 36.4 Å².